The normalized spacial score (nSPS) is 52.4. The molecule has 2 saturated heterocycles. The van der Waals surface area contributed by atoms with Crippen molar-refractivity contribution in [2.45, 2.75) is 32.2 Å². The third kappa shape index (κ3) is 1.69. The molecule has 7 rings (SSSR count). The smallest absolute Gasteiger partial charge is 0.234 e. The highest BCUT2D eigenvalue weighted by Crippen LogP contribution is 2.59. The van der Waals surface area contributed by atoms with E-state index in [4.69, 9.17) is 0 Å². The van der Waals surface area contributed by atoms with Crippen LogP contribution >= 0.6 is 0 Å². The second-order valence-electron chi connectivity index (χ2n) is 9.70. The number of fused-ring (bicyclic) bond motifs is 2. The molecule has 4 bridgehead atoms. The number of hydrogen-bond acceptors (Lipinski definition) is 4. The van der Waals surface area contributed by atoms with E-state index in [0.717, 1.165) is 19.3 Å². The van der Waals surface area contributed by atoms with Gasteiger partial charge in [-0.3, -0.25) is 29.0 Å². The Kier molecular flexibility index (Phi) is 2.90. The lowest BCUT2D eigenvalue weighted by molar-refractivity contribution is -0.144. The first-order chi connectivity index (χ1) is 12.9. The lowest BCUT2D eigenvalue weighted by atomic mass is 9.54. The van der Waals surface area contributed by atoms with Crippen molar-refractivity contribution in [1.29, 1.82) is 0 Å². The van der Waals surface area contributed by atoms with Gasteiger partial charge in [0, 0.05) is 24.9 Å². The van der Waals surface area contributed by atoms with Crippen molar-refractivity contribution in [2.24, 2.45) is 53.3 Å². The first-order valence-corrected chi connectivity index (χ1v) is 10.3. The van der Waals surface area contributed by atoms with Crippen molar-refractivity contribution in [3.05, 3.63) is 12.2 Å². The van der Waals surface area contributed by atoms with E-state index in [9.17, 15) is 19.2 Å². The number of rotatable bonds is 1. The minimum Gasteiger partial charge on any atom is -0.285 e. The number of carbonyl (C=O) groups is 4. The summed E-state index contributed by atoms with van der Waals surface area (Å²) in [5.74, 6) is -1.25. The van der Waals surface area contributed by atoms with Gasteiger partial charge in [-0.05, 0) is 37.0 Å². The molecular weight excluding hydrogens is 344 g/mol. The molecule has 6 nitrogen and oxygen atoms in total. The van der Waals surface area contributed by atoms with Gasteiger partial charge in [-0.1, -0.05) is 19.1 Å². The minimum absolute atomic E-state index is 0.0325. The van der Waals surface area contributed by atoms with Gasteiger partial charge >= 0.3 is 0 Å². The molecule has 10 atom stereocenters. The summed E-state index contributed by atoms with van der Waals surface area (Å²) >= 11 is 0. The van der Waals surface area contributed by atoms with Crippen molar-refractivity contribution in [3.63, 3.8) is 0 Å². The van der Waals surface area contributed by atoms with Gasteiger partial charge in [-0.15, -0.1) is 0 Å². The average molecular weight is 368 g/mol. The fraction of sp³-hybridized carbons (Fsp3) is 0.714. The van der Waals surface area contributed by atoms with Gasteiger partial charge in [0.2, 0.25) is 23.6 Å². The van der Waals surface area contributed by atoms with E-state index in [0.29, 0.717) is 17.8 Å². The Labute approximate surface area is 157 Å². The Morgan fingerprint density at radius 3 is 1.70 bits per heavy atom. The molecule has 6 heteroatoms. The highest BCUT2D eigenvalue weighted by molar-refractivity contribution is 6.10. The predicted molar refractivity (Wildman–Crippen MR) is 93.5 cm³/mol. The van der Waals surface area contributed by atoms with Crippen molar-refractivity contribution < 1.29 is 19.2 Å². The van der Waals surface area contributed by atoms with E-state index in [1.807, 2.05) is 12.2 Å². The van der Waals surface area contributed by atoms with E-state index in [-0.39, 0.29) is 41.5 Å². The number of hydrogen-bond donors (Lipinski definition) is 0. The van der Waals surface area contributed by atoms with Crippen LogP contribution in [0.5, 0.6) is 0 Å². The highest BCUT2D eigenvalue weighted by Gasteiger charge is 2.69. The minimum atomic E-state index is -0.462. The number of nitrogens with zero attached hydrogens (tertiary/aromatic N) is 2. The Morgan fingerprint density at radius 1 is 0.741 bits per heavy atom. The number of imide groups is 2. The average Bonchev–Trinajstić information content (AvgIpc) is 3.36. The van der Waals surface area contributed by atoms with Gasteiger partial charge in [-0.2, -0.15) is 0 Å². The lowest BCUT2D eigenvalue weighted by Crippen LogP contribution is -2.50. The molecule has 2 heterocycles. The fourth-order valence-corrected chi connectivity index (χ4v) is 7.57. The van der Waals surface area contributed by atoms with Crippen molar-refractivity contribution in [2.75, 3.05) is 7.05 Å². The summed E-state index contributed by atoms with van der Waals surface area (Å²) in [7, 11) is 1.52. The third-order valence-corrected chi connectivity index (χ3v) is 8.77. The van der Waals surface area contributed by atoms with Crippen LogP contribution in [0.15, 0.2) is 12.2 Å². The number of amides is 4. The van der Waals surface area contributed by atoms with Gasteiger partial charge in [0.1, 0.15) is 0 Å². The zero-order valence-corrected chi connectivity index (χ0v) is 15.6. The zero-order chi connectivity index (χ0) is 18.8. The Morgan fingerprint density at radius 2 is 1.26 bits per heavy atom. The van der Waals surface area contributed by atoms with Gasteiger partial charge < -0.3 is 0 Å². The predicted octanol–water partition coefficient (Wildman–Crippen LogP) is 1.07. The molecule has 5 fully saturated rings. The monoisotopic (exact) mass is 368 g/mol. The Bertz CT molecular complexity index is 782. The molecule has 10 unspecified atom stereocenters. The molecule has 2 aliphatic heterocycles. The molecular formula is C21H24N2O4. The summed E-state index contributed by atoms with van der Waals surface area (Å²) in [5.41, 5.74) is 0. The van der Waals surface area contributed by atoms with Crippen LogP contribution in [0.25, 0.3) is 0 Å². The topological polar surface area (TPSA) is 74.8 Å². The van der Waals surface area contributed by atoms with Crippen molar-refractivity contribution >= 4 is 23.6 Å². The molecule has 142 valence electrons. The summed E-state index contributed by atoms with van der Waals surface area (Å²) in [6, 6.07) is 0.0325. The largest absolute Gasteiger partial charge is 0.285 e. The SMILES string of the molecule is CC1CC2CC1CC2N1C(=O)C2C3C=CC(C4C(=O)N(C)C(=O)C34)C2C1=O. The second-order valence-corrected chi connectivity index (χ2v) is 9.70. The summed E-state index contributed by atoms with van der Waals surface area (Å²) in [6.07, 6.45) is 7.03. The van der Waals surface area contributed by atoms with Crippen molar-refractivity contribution in [3.8, 4) is 0 Å². The summed E-state index contributed by atoms with van der Waals surface area (Å²) in [4.78, 5) is 54.9. The second kappa shape index (κ2) is 4.89. The molecule has 0 aromatic rings. The maximum atomic E-state index is 13.4. The van der Waals surface area contributed by atoms with Crippen LogP contribution in [0, 0.1) is 53.3 Å². The third-order valence-electron chi connectivity index (χ3n) is 8.77. The van der Waals surface area contributed by atoms with Crippen LogP contribution in [0.1, 0.15) is 26.2 Å². The molecule has 5 aliphatic carbocycles. The maximum absolute atomic E-state index is 13.4. The zero-order valence-electron chi connectivity index (χ0n) is 15.6. The number of allylic oxidation sites excluding steroid dienone is 2. The molecule has 3 saturated carbocycles. The van der Waals surface area contributed by atoms with E-state index in [1.165, 1.54) is 11.9 Å². The van der Waals surface area contributed by atoms with Gasteiger partial charge in [0.05, 0.1) is 23.7 Å². The van der Waals surface area contributed by atoms with E-state index in [1.54, 1.807) is 4.90 Å². The fourth-order valence-electron chi connectivity index (χ4n) is 7.57. The van der Waals surface area contributed by atoms with Crippen LogP contribution in [0.3, 0.4) is 0 Å². The summed E-state index contributed by atoms with van der Waals surface area (Å²) < 4.78 is 0. The van der Waals surface area contributed by atoms with E-state index >= 15 is 0 Å². The van der Waals surface area contributed by atoms with E-state index < -0.39 is 23.7 Å². The van der Waals surface area contributed by atoms with Crippen LogP contribution in [-0.2, 0) is 19.2 Å². The Balaban J connectivity index is 1.38. The van der Waals surface area contributed by atoms with Crippen LogP contribution in [0.2, 0.25) is 0 Å². The molecule has 0 aromatic carbocycles. The van der Waals surface area contributed by atoms with Crippen LogP contribution in [0.4, 0.5) is 0 Å². The Hall–Kier alpha value is -1.98. The summed E-state index contributed by atoms with van der Waals surface area (Å²) in [5, 5.41) is 0. The van der Waals surface area contributed by atoms with Gasteiger partial charge in [0.25, 0.3) is 0 Å². The maximum Gasteiger partial charge on any atom is 0.234 e. The van der Waals surface area contributed by atoms with Gasteiger partial charge in [-0.25, -0.2) is 0 Å². The molecule has 0 radical (unpaired) electrons. The van der Waals surface area contributed by atoms with Crippen molar-refractivity contribution in [1.82, 2.24) is 9.80 Å². The van der Waals surface area contributed by atoms with E-state index in [2.05, 4.69) is 6.92 Å². The van der Waals surface area contributed by atoms with Crippen LogP contribution in [-0.4, -0.2) is 46.5 Å². The molecule has 0 spiro atoms. The quantitative estimate of drug-likeness (QED) is 0.513. The highest BCUT2D eigenvalue weighted by atomic mass is 16.2. The number of likely N-dealkylation sites (tertiary alicyclic amines) is 2. The molecule has 27 heavy (non-hydrogen) atoms. The molecule has 7 aliphatic rings. The molecule has 0 N–H and O–H groups in total. The standard InChI is InChI=1S/C21H24N2O4/c1-8-5-10-6-9(8)7-13(10)23-20(26)16-11-3-4-12(17(16)21(23)27)15-14(11)18(24)22(2)19(15)25/h3-4,8-17H,5-7H2,1-2H3. The molecule has 4 amide bonds. The number of carbonyl (C=O) groups excluding carboxylic acids is 4. The van der Waals surface area contributed by atoms with Gasteiger partial charge in [0.15, 0.2) is 0 Å². The lowest BCUT2D eigenvalue weighted by Gasteiger charge is -2.44. The summed E-state index contributed by atoms with van der Waals surface area (Å²) in [6.45, 7) is 2.27. The molecule has 0 aromatic heterocycles. The first kappa shape index (κ1) is 16.0. The van der Waals surface area contributed by atoms with Crippen LogP contribution < -0.4 is 0 Å². The first-order valence-electron chi connectivity index (χ1n) is 10.3.